The van der Waals surface area contributed by atoms with Gasteiger partial charge in [-0.2, -0.15) is 0 Å². The smallest absolute Gasteiger partial charge is 0.284 e. The second-order valence-corrected chi connectivity index (χ2v) is 10.3. The summed E-state index contributed by atoms with van der Waals surface area (Å²) in [7, 11) is 0. The summed E-state index contributed by atoms with van der Waals surface area (Å²) in [6.45, 7) is 1.54. The van der Waals surface area contributed by atoms with Gasteiger partial charge in [-0.25, -0.2) is 14.6 Å². The van der Waals surface area contributed by atoms with Crippen LogP contribution in [0.5, 0.6) is 0 Å². The van der Waals surface area contributed by atoms with Crippen LogP contribution < -0.4 is 17.0 Å². The van der Waals surface area contributed by atoms with E-state index in [1.165, 1.54) is 19.2 Å². The predicted molar refractivity (Wildman–Crippen MR) is 145 cm³/mol. The average molecular weight is 506 g/mol. The Morgan fingerprint density at radius 3 is 2.47 bits per heavy atom. The highest BCUT2D eigenvalue weighted by Crippen LogP contribution is 2.39. The number of nitrogens with zero attached hydrogens (tertiary/aromatic N) is 5. The third-order valence-electron chi connectivity index (χ3n) is 7.85. The van der Waals surface area contributed by atoms with Crippen molar-refractivity contribution in [3.63, 3.8) is 0 Å². The SMILES string of the molecule is NC(=O)c1c2n(n(-c3ccccc3)c1=O)CCC2c1ccc(-c2cn(CC3CC3)c3ncnc(N)c23)cc1. The van der Waals surface area contributed by atoms with E-state index in [4.69, 9.17) is 11.5 Å². The van der Waals surface area contributed by atoms with Crippen LogP contribution in [0.3, 0.4) is 0 Å². The van der Waals surface area contributed by atoms with E-state index in [1.807, 2.05) is 35.0 Å². The number of nitrogens with two attached hydrogens (primary N) is 2. The number of carbonyl (C=O) groups excluding carboxylic acids is 1. The first-order valence-corrected chi connectivity index (χ1v) is 12.9. The van der Waals surface area contributed by atoms with Gasteiger partial charge in [0, 0.05) is 30.8 Å². The number of anilines is 1. The van der Waals surface area contributed by atoms with Crippen molar-refractivity contribution < 1.29 is 4.79 Å². The largest absolute Gasteiger partial charge is 0.383 e. The standard InChI is InChI=1S/C29H27N7O2/c30-26-23-22(15-34(14-17-6-7-17)28(23)33-16-32-26)19-10-8-18(9-11-19)21-12-13-35-25(21)24(27(31)37)29(38)36(35)20-4-2-1-3-5-20/h1-5,8-11,15-17,21H,6-7,12-14H2,(H2,31,37)(H2,30,32,33). The summed E-state index contributed by atoms with van der Waals surface area (Å²) in [5.41, 5.74) is 17.0. The van der Waals surface area contributed by atoms with Crippen molar-refractivity contribution in [3.05, 3.63) is 94.3 Å². The number of hydrogen-bond donors (Lipinski definition) is 2. The van der Waals surface area contributed by atoms with E-state index in [0.717, 1.165) is 40.7 Å². The number of para-hydroxylation sites is 1. The van der Waals surface area contributed by atoms with Crippen molar-refractivity contribution >= 4 is 22.8 Å². The van der Waals surface area contributed by atoms with Gasteiger partial charge in [0.25, 0.3) is 11.5 Å². The van der Waals surface area contributed by atoms with E-state index >= 15 is 0 Å². The van der Waals surface area contributed by atoms with Gasteiger partial charge in [0.1, 0.15) is 23.4 Å². The molecule has 0 bridgehead atoms. The third-order valence-corrected chi connectivity index (χ3v) is 7.85. The molecule has 7 rings (SSSR count). The van der Waals surface area contributed by atoms with E-state index < -0.39 is 5.91 Å². The van der Waals surface area contributed by atoms with Crippen molar-refractivity contribution in [2.75, 3.05) is 5.73 Å². The van der Waals surface area contributed by atoms with Crippen LogP contribution in [0.1, 0.15) is 46.8 Å². The lowest BCUT2D eigenvalue weighted by atomic mass is 9.91. The van der Waals surface area contributed by atoms with Crippen LogP contribution in [0.25, 0.3) is 27.8 Å². The molecule has 4 heterocycles. The minimum absolute atomic E-state index is 0.0634. The lowest BCUT2D eigenvalue weighted by molar-refractivity contribution is 0.0998. The Balaban J connectivity index is 1.30. The van der Waals surface area contributed by atoms with Gasteiger partial charge in [0.2, 0.25) is 0 Å². The third kappa shape index (κ3) is 3.46. The topological polar surface area (TPSA) is 127 Å². The Kier molecular flexibility index (Phi) is 5.01. The van der Waals surface area contributed by atoms with Crippen LogP contribution in [-0.2, 0) is 13.1 Å². The number of hydrogen-bond acceptors (Lipinski definition) is 5. The van der Waals surface area contributed by atoms with Crippen LogP contribution in [0.4, 0.5) is 5.82 Å². The monoisotopic (exact) mass is 505 g/mol. The molecule has 3 aromatic heterocycles. The van der Waals surface area contributed by atoms with Gasteiger partial charge in [-0.1, -0.05) is 42.5 Å². The Morgan fingerprint density at radius 1 is 1.00 bits per heavy atom. The maximum Gasteiger partial charge on any atom is 0.284 e. The van der Waals surface area contributed by atoms with Gasteiger partial charge in [-0.05, 0) is 48.4 Å². The van der Waals surface area contributed by atoms with Crippen molar-refractivity contribution in [1.82, 2.24) is 23.9 Å². The number of amides is 1. The van der Waals surface area contributed by atoms with E-state index in [-0.39, 0.29) is 17.0 Å². The van der Waals surface area contributed by atoms with E-state index in [2.05, 4.69) is 45.0 Å². The molecule has 1 amide bonds. The van der Waals surface area contributed by atoms with E-state index in [9.17, 15) is 9.59 Å². The van der Waals surface area contributed by atoms with E-state index in [1.54, 1.807) is 4.68 Å². The molecule has 1 saturated carbocycles. The van der Waals surface area contributed by atoms with Gasteiger partial charge < -0.3 is 16.0 Å². The highest BCUT2D eigenvalue weighted by molar-refractivity contribution is 6.00. The summed E-state index contributed by atoms with van der Waals surface area (Å²) in [6.07, 6.45) is 6.91. The fourth-order valence-electron chi connectivity index (χ4n) is 5.89. The van der Waals surface area contributed by atoms with Crippen LogP contribution in [0.15, 0.2) is 71.9 Å². The second kappa shape index (κ2) is 8.44. The number of benzene rings is 2. The fraction of sp³-hybridized carbons (Fsp3) is 0.241. The number of carbonyl (C=O) groups is 1. The molecule has 1 aliphatic carbocycles. The lowest BCUT2D eigenvalue weighted by Crippen LogP contribution is -2.26. The molecular formula is C29H27N7O2. The molecule has 5 aromatic rings. The first kappa shape index (κ1) is 22.5. The minimum Gasteiger partial charge on any atom is -0.383 e. The Bertz CT molecular complexity index is 1760. The van der Waals surface area contributed by atoms with Crippen molar-refractivity contribution in [2.45, 2.75) is 38.3 Å². The molecule has 1 unspecified atom stereocenters. The zero-order chi connectivity index (χ0) is 26.0. The second-order valence-electron chi connectivity index (χ2n) is 10.3. The average Bonchev–Trinajstić information content (AvgIpc) is 3.41. The Morgan fingerprint density at radius 2 is 1.76 bits per heavy atom. The van der Waals surface area contributed by atoms with Crippen LogP contribution in [0.2, 0.25) is 0 Å². The molecule has 0 spiro atoms. The van der Waals surface area contributed by atoms with Crippen molar-refractivity contribution in [3.8, 4) is 16.8 Å². The number of nitrogen functional groups attached to an aromatic ring is 1. The molecule has 1 fully saturated rings. The summed E-state index contributed by atoms with van der Waals surface area (Å²) < 4.78 is 5.66. The maximum absolute atomic E-state index is 13.3. The Hall–Kier alpha value is -4.66. The summed E-state index contributed by atoms with van der Waals surface area (Å²) in [4.78, 5) is 34.5. The van der Waals surface area contributed by atoms with Crippen LogP contribution >= 0.6 is 0 Å². The molecule has 0 saturated heterocycles. The summed E-state index contributed by atoms with van der Waals surface area (Å²) in [6, 6.07) is 17.6. The molecule has 2 aliphatic rings. The molecule has 2 aromatic carbocycles. The summed E-state index contributed by atoms with van der Waals surface area (Å²) in [5.74, 6) is 0.348. The number of aromatic nitrogens is 5. The first-order valence-electron chi connectivity index (χ1n) is 12.9. The molecule has 9 heteroatoms. The number of fused-ring (bicyclic) bond motifs is 2. The molecule has 190 valence electrons. The fourth-order valence-corrected chi connectivity index (χ4v) is 5.89. The molecule has 4 N–H and O–H groups in total. The number of rotatable bonds is 6. The van der Waals surface area contributed by atoms with Gasteiger partial charge in [-0.3, -0.25) is 14.3 Å². The summed E-state index contributed by atoms with van der Waals surface area (Å²) >= 11 is 0. The van der Waals surface area contributed by atoms with Gasteiger partial charge in [0.05, 0.1) is 16.8 Å². The van der Waals surface area contributed by atoms with Crippen molar-refractivity contribution in [1.29, 1.82) is 0 Å². The maximum atomic E-state index is 13.3. The molecule has 0 radical (unpaired) electrons. The lowest BCUT2D eigenvalue weighted by Gasteiger charge is -2.12. The number of primary amides is 1. The van der Waals surface area contributed by atoms with Gasteiger partial charge in [-0.15, -0.1) is 0 Å². The normalized spacial score (nSPS) is 16.7. The van der Waals surface area contributed by atoms with Crippen molar-refractivity contribution in [2.24, 2.45) is 11.7 Å². The van der Waals surface area contributed by atoms with Gasteiger partial charge in [0.15, 0.2) is 0 Å². The zero-order valence-electron chi connectivity index (χ0n) is 20.7. The molecule has 1 atom stereocenters. The highest BCUT2D eigenvalue weighted by Gasteiger charge is 2.35. The highest BCUT2D eigenvalue weighted by atomic mass is 16.2. The Labute approximate surface area is 218 Å². The predicted octanol–water partition coefficient (Wildman–Crippen LogP) is 3.68. The molecule has 1 aliphatic heterocycles. The quantitative estimate of drug-likeness (QED) is 0.364. The summed E-state index contributed by atoms with van der Waals surface area (Å²) in [5, 5.41) is 0.867. The molecule has 38 heavy (non-hydrogen) atoms. The van der Waals surface area contributed by atoms with Gasteiger partial charge >= 0.3 is 0 Å². The first-order chi connectivity index (χ1) is 18.5. The van der Waals surface area contributed by atoms with Crippen LogP contribution in [-0.4, -0.2) is 29.8 Å². The minimum atomic E-state index is -0.698. The zero-order valence-corrected chi connectivity index (χ0v) is 20.7. The molecule has 9 nitrogen and oxygen atoms in total. The molecular weight excluding hydrogens is 478 g/mol. The van der Waals surface area contributed by atoms with Crippen LogP contribution in [0, 0.1) is 5.92 Å². The van der Waals surface area contributed by atoms with E-state index in [0.29, 0.717) is 29.7 Å².